The molecule has 0 spiro atoms. The van der Waals surface area contributed by atoms with Gasteiger partial charge in [-0.25, -0.2) is 0 Å². The molecule has 0 aliphatic carbocycles. The molecule has 1 rings (SSSR count). The van der Waals surface area contributed by atoms with Gasteiger partial charge in [-0.05, 0) is 18.5 Å². The van der Waals surface area contributed by atoms with Crippen molar-refractivity contribution in [1.29, 1.82) is 5.26 Å². The Bertz CT molecular complexity index is 401. The average Bonchev–Trinajstić information content (AvgIpc) is 2.45. The number of hydrogen-bond acceptors (Lipinski definition) is 4. The molecule has 0 aromatic heterocycles. The molecule has 0 bridgehead atoms. The lowest BCUT2D eigenvalue weighted by Crippen LogP contribution is -2.28. The predicted octanol–water partition coefficient (Wildman–Crippen LogP) is 0.823. The normalized spacial score (nSPS) is 9.84. The van der Waals surface area contributed by atoms with Crippen molar-refractivity contribution in [2.45, 2.75) is 13.0 Å². The van der Waals surface area contributed by atoms with E-state index in [0.717, 1.165) is 19.5 Å². The quantitative estimate of drug-likeness (QED) is 0.510. The summed E-state index contributed by atoms with van der Waals surface area (Å²) < 4.78 is 5.18. The molecule has 0 saturated carbocycles. The zero-order chi connectivity index (χ0) is 13.8. The standard InChI is InChI=1S/C14H19N3O2/c15-7-9-17-14(18)12-19-10-4-8-16-11-13-5-2-1-3-6-13/h1-3,5-6,16H,4,8-12H2,(H,17,18). The number of nitriles is 1. The van der Waals surface area contributed by atoms with Crippen LogP contribution in [0.25, 0.3) is 0 Å². The van der Waals surface area contributed by atoms with Gasteiger partial charge in [0.1, 0.15) is 13.2 Å². The minimum atomic E-state index is -0.251. The van der Waals surface area contributed by atoms with Crippen LogP contribution in [0.15, 0.2) is 30.3 Å². The van der Waals surface area contributed by atoms with E-state index in [0.29, 0.717) is 6.61 Å². The van der Waals surface area contributed by atoms with Gasteiger partial charge in [-0.2, -0.15) is 5.26 Å². The van der Waals surface area contributed by atoms with Crippen molar-refractivity contribution in [1.82, 2.24) is 10.6 Å². The van der Waals surface area contributed by atoms with Crippen LogP contribution in [-0.2, 0) is 16.1 Å². The fraction of sp³-hybridized carbons (Fsp3) is 0.429. The van der Waals surface area contributed by atoms with Crippen LogP contribution in [0.2, 0.25) is 0 Å². The fourth-order valence-electron chi connectivity index (χ4n) is 1.48. The highest BCUT2D eigenvalue weighted by molar-refractivity contribution is 5.77. The summed E-state index contributed by atoms with van der Waals surface area (Å²) >= 11 is 0. The average molecular weight is 261 g/mol. The second-order valence-electron chi connectivity index (χ2n) is 4.00. The molecule has 0 fully saturated rings. The maximum Gasteiger partial charge on any atom is 0.246 e. The van der Waals surface area contributed by atoms with E-state index in [1.165, 1.54) is 5.56 Å². The van der Waals surface area contributed by atoms with Gasteiger partial charge in [0, 0.05) is 13.2 Å². The molecule has 19 heavy (non-hydrogen) atoms. The van der Waals surface area contributed by atoms with Crippen LogP contribution >= 0.6 is 0 Å². The highest BCUT2D eigenvalue weighted by atomic mass is 16.5. The summed E-state index contributed by atoms with van der Waals surface area (Å²) in [6.07, 6.45) is 0.846. The minimum absolute atomic E-state index is 0.0143. The van der Waals surface area contributed by atoms with E-state index >= 15 is 0 Å². The van der Waals surface area contributed by atoms with Crippen LogP contribution in [0.1, 0.15) is 12.0 Å². The second kappa shape index (κ2) is 10.1. The zero-order valence-corrected chi connectivity index (χ0v) is 10.9. The zero-order valence-electron chi connectivity index (χ0n) is 10.9. The number of ether oxygens (including phenoxy) is 1. The molecule has 102 valence electrons. The summed E-state index contributed by atoms with van der Waals surface area (Å²) in [5.74, 6) is -0.251. The minimum Gasteiger partial charge on any atom is -0.372 e. The van der Waals surface area contributed by atoms with E-state index in [9.17, 15) is 4.79 Å². The van der Waals surface area contributed by atoms with Crippen LogP contribution in [0.3, 0.4) is 0 Å². The van der Waals surface area contributed by atoms with E-state index in [-0.39, 0.29) is 19.1 Å². The molecule has 5 heteroatoms. The lowest BCUT2D eigenvalue weighted by atomic mass is 10.2. The van der Waals surface area contributed by atoms with Crippen molar-refractivity contribution >= 4 is 5.91 Å². The van der Waals surface area contributed by atoms with Gasteiger partial charge in [0.2, 0.25) is 5.91 Å². The molecule has 0 radical (unpaired) electrons. The maximum atomic E-state index is 11.1. The van der Waals surface area contributed by atoms with E-state index < -0.39 is 0 Å². The molecule has 1 aromatic carbocycles. The van der Waals surface area contributed by atoms with Crippen LogP contribution in [0.5, 0.6) is 0 Å². The van der Waals surface area contributed by atoms with Gasteiger partial charge in [-0.1, -0.05) is 30.3 Å². The van der Waals surface area contributed by atoms with Gasteiger partial charge in [0.05, 0.1) is 6.07 Å². The summed E-state index contributed by atoms with van der Waals surface area (Å²) in [4.78, 5) is 11.1. The summed E-state index contributed by atoms with van der Waals surface area (Å²) in [6.45, 7) is 2.25. The van der Waals surface area contributed by atoms with Gasteiger partial charge in [0.25, 0.3) is 0 Å². The molecular weight excluding hydrogens is 242 g/mol. The van der Waals surface area contributed by atoms with Crippen LogP contribution in [-0.4, -0.2) is 32.2 Å². The van der Waals surface area contributed by atoms with Gasteiger partial charge >= 0.3 is 0 Å². The van der Waals surface area contributed by atoms with E-state index in [1.54, 1.807) is 0 Å². The van der Waals surface area contributed by atoms with E-state index in [4.69, 9.17) is 10.00 Å². The monoisotopic (exact) mass is 261 g/mol. The Morgan fingerprint density at radius 3 is 2.84 bits per heavy atom. The van der Waals surface area contributed by atoms with Crippen LogP contribution in [0, 0.1) is 11.3 Å². The smallest absolute Gasteiger partial charge is 0.246 e. The number of nitrogens with one attached hydrogen (secondary N) is 2. The summed E-state index contributed by atoms with van der Waals surface area (Å²) in [7, 11) is 0. The summed E-state index contributed by atoms with van der Waals surface area (Å²) in [6, 6.07) is 12.0. The number of carbonyl (C=O) groups is 1. The van der Waals surface area contributed by atoms with Gasteiger partial charge in [0.15, 0.2) is 0 Å². The molecule has 5 nitrogen and oxygen atoms in total. The SMILES string of the molecule is N#CCNC(=O)COCCCNCc1ccccc1. The van der Waals surface area contributed by atoms with Crippen LogP contribution in [0.4, 0.5) is 0 Å². The number of hydrogen-bond donors (Lipinski definition) is 2. The molecule has 0 unspecified atom stereocenters. The predicted molar refractivity (Wildman–Crippen MR) is 72.2 cm³/mol. The largest absolute Gasteiger partial charge is 0.372 e. The molecule has 0 aliphatic heterocycles. The highest BCUT2D eigenvalue weighted by Gasteiger charge is 1.99. The molecule has 1 aromatic rings. The van der Waals surface area contributed by atoms with E-state index in [2.05, 4.69) is 22.8 Å². The third-order valence-corrected chi connectivity index (χ3v) is 2.41. The second-order valence-corrected chi connectivity index (χ2v) is 4.00. The molecule has 0 heterocycles. The molecule has 1 amide bonds. The Hall–Kier alpha value is -1.90. The third-order valence-electron chi connectivity index (χ3n) is 2.41. The lowest BCUT2D eigenvalue weighted by Gasteiger charge is -2.06. The van der Waals surface area contributed by atoms with Crippen molar-refractivity contribution in [3.05, 3.63) is 35.9 Å². The van der Waals surface area contributed by atoms with Crippen molar-refractivity contribution < 1.29 is 9.53 Å². The van der Waals surface area contributed by atoms with Gasteiger partial charge < -0.3 is 15.4 Å². The first-order chi connectivity index (χ1) is 9.33. The summed E-state index contributed by atoms with van der Waals surface area (Å²) in [5, 5.41) is 14.0. The fourth-order valence-corrected chi connectivity index (χ4v) is 1.48. The number of rotatable bonds is 9. The lowest BCUT2D eigenvalue weighted by molar-refractivity contribution is -0.125. The van der Waals surface area contributed by atoms with E-state index in [1.807, 2.05) is 24.3 Å². The Labute approximate surface area is 113 Å². The molecule has 2 N–H and O–H groups in total. The van der Waals surface area contributed by atoms with Gasteiger partial charge in [-0.3, -0.25) is 4.79 Å². The topological polar surface area (TPSA) is 74.2 Å². The highest BCUT2D eigenvalue weighted by Crippen LogP contribution is 1.96. The first-order valence-electron chi connectivity index (χ1n) is 6.29. The van der Waals surface area contributed by atoms with Crippen molar-refractivity contribution in [3.8, 4) is 6.07 Å². The third kappa shape index (κ3) is 7.92. The number of nitrogens with zero attached hydrogens (tertiary/aromatic N) is 1. The molecule has 0 saturated heterocycles. The first-order valence-corrected chi connectivity index (χ1v) is 6.29. The molecule has 0 atom stereocenters. The maximum absolute atomic E-state index is 11.1. The number of benzene rings is 1. The summed E-state index contributed by atoms with van der Waals surface area (Å²) in [5.41, 5.74) is 1.25. The Balaban J connectivity index is 1.92. The van der Waals surface area contributed by atoms with Gasteiger partial charge in [-0.15, -0.1) is 0 Å². The molecular formula is C14H19N3O2. The number of amides is 1. The molecule has 0 aliphatic rings. The first kappa shape index (κ1) is 15.2. The van der Waals surface area contributed by atoms with Crippen molar-refractivity contribution in [2.24, 2.45) is 0 Å². The Morgan fingerprint density at radius 1 is 1.32 bits per heavy atom. The van der Waals surface area contributed by atoms with Crippen LogP contribution < -0.4 is 10.6 Å². The Morgan fingerprint density at radius 2 is 2.11 bits per heavy atom. The number of carbonyl (C=O) groups excluding carboxylic acids is 1. The van der Waals surface area contributed by atoms with Crippen molar-refractivity contribution in [2.75, 3.05) is 26.3 Å². The Kier molecular flexibility index (Phi) is 8.03. The van der Waals surface area contributed by atoms with Crippen molar-refractivity contribution in [3.63, 3.8) is 0 Å².